The molecule has 13 heteroatoms. The topological polar surface area (TPSA) is 143 Å². The molecule has 0 amide bonds. The molecule has 0 aliphatic carbocycles. The van der Waals surface area contributed by atoms with E-state index in [0.717, 1.165) is 10.1 Å². The number of ether oxygens (including phenoxy) is 3. The van der Waals surface area contributed by atoms with Gasteiger partial charge in [0.05, 0.1) is 32.0 Å². The minimum atomic E-state index is -0.712. The molecule has 4 rings (SSSR count). The fourth-order valence-electron chi connectivity index (χ4n) is 3.37. The molecule has 0 radical (unpaired) electrons. The van der Waals surface area contributed by atoms with Crippen LogP contribution in [0.25, 0.3) is 0 Å². The van der Waals surface area contributed by atoms with Crippen molar-refractivity contribution < 1.29 is 19.3 Å². The van der Waals surface area contributed by atoms with Crippen LogP contribution >= 0.6 is 11.6 Å². The Balaban J connectivity index is 1.58. The molecule has 0 aliphatic rings. The first kappa shape index (κ1) is 26.9. The Morgan fingerprint density at radius 3 is 2.39 bits per heavy atom. The lowest BCUT2D eigenvalue weighted by atomic mass is 10.2. The van der Waals surface area contributed by atoms with Gasteiger partial charge in [0.15, 0.2) is 0 Å². The molecule has 38 heavy (non-hydrogen) atoms. The summed E-state index contributed by atoms with van der Waals surface area (Å²) in [5, 5.41) is 20.4. The van der Waals surface area contributed by atoms with Crippen molar-refractivity contribution in [1.29, 1.82) is 0 Å². The first-order valence-electron chi connectivity index (χ1n) is 11.5. The number of anilines is 2. The van der Waals surface area contributed by atoms with Crippen molar-refractivity contribution in [2.45, 2.75) is 19.7 Å². The number of methoxy groups -OCH3 is 1. The Morgan fingerprint density at radius 2 is 1.74 bits per heavy atom. The number of aliphatic hydroxyl groups excluding tert-OH is 1. The fourth-order valence-corrected chi connectivity index (χ4v) is 3.50. The Bertz CT molecular complexity index is 1460. The van der Waals surface area contributed by atoms with Gasteiger partial charge >= 0.3 is 11.4 Å². The van der Waals surface area contributed by atoms with E-state index in [1.165, 1.54) is 11.7 Å². The van der Waals surface area contributed by atoms with Crippen molar-refractivity contribution in [1.82, 2.24) is 24.3 Å². The Kier molecular flexibility index (Phi) is 9.16. The van der Waals surface area contributed by atoms with Crippen LogP contribution in [0.5, 0.6) is 11.6 Å². The van der Waals surface area contributed by atoms with Gasteiger partial charge in [-0.2, -0.15) is 4.98 Å². The molecule has 2 aromatic carbocycles. The summed E-state index contributed by atoms with van der Waals surface area (Å²) in [7, 11) is 1.48. The van der Waals surface area contributed by atoms with Crippen LogP contribution in [0.3, 0.4) is 0 Å². The summed E-state index contributed by atoms with van der Waals surface area (Å²) in [6.45, 7) is 0.0995. The minimum Gasteiger partial charge on any atom is -0.438 e. The summed E-state index contributed by atoms with van der Waals surface area (Å²) in [6.07, 6.45) is 0. The van der Waals surface area contributed by atoms with E-state index in [0.29, 0.717) is 22.2 Å². The molecule has 0 spiro atoms. The number of rotatable bonds is 12. The lowest BCUT2D eigenvalue weighted by molar-refractivity contribution is -0.0335. The average molecular weight is 541 g/mol. The van der Waals surface area contributed by atoms with Gasteiger partial charge in [0, 0.05) is 23.9 Å². The van der Waals surface area contributed by atoms with Crippen molar-refractivity contribution >= 4 is 23.2 Å². The number of nitrogens with zero attached hydrogens (tertiary/aromatic N) is 5. The monoisotopic (exact) mass is 540 g/mol. The van der Waals surface area contributed by atoms with Gasteiger partial charge in [-0.1, -0.05) is 23.7 Å². The third-order valence-electron chi connectivity index (χ3n) is 5.25. The average Bonchev–Trinajstić information content (AvgIpc) is 2.93. The summed E-state index contributed by atoms with van der Waals surface area (Å²) in [4.78, 5) is 30.2. The van der Waals surface area contributed by atoms with E-state index < -0.39 is 11.4 Å². The molecule has 0 aliphatic heterocycles. The highest BCUT2D eigenvalue weighted by atomic mass is 35.5. The Hall–Kier alpha value is -4.10. The van der Waals surface area contributed by atoms with Gasteiger partial charge in [0.25, 0.3) is 0 Å². The molecule has 0 bridgehead atoms. The van der Waals surface area contributed by atoms with E-state index in [1.807, 2.05) is 0 Å². The highest BCUT2D eigenvalue weighted by molar-refractivity contribution is 6.30. The normalized spacial score (nSPS) is 10.9. The molecule has 0 atom stereocenters. The molecule has 0 saturated heterocycles. The van der Waals surface area contributed by atoms with E-state index in [9.17, 15) is 9.59 Å². The fraction of sp³-hybridized carbons (Fsp3) is 0.240. The van der Waals surface area contributed by atoms with Crippen molar-refractivity contribution in [2.75, 3.05) is 25.8 Å². The molecule has 2 heterocycles. The van der Waals surface area contributed by atoms with Gasteiger partial charge in [-0.3, -0.25) is 4.57 Å². The number of hydrogen-bond donors (Lipinski definition) is 2. The van der Waals surface area contributed by atoms with E-state index in [1.54, 1.807) is 60.7 Å². The highest BCUT2D eigenvalue weighted by Crippen LogP contribution is 2.23. The number of nitrogens with one attached hydrogen (secondary N) is 1. The van der Waals surface area contributed by atoms with Crippen LogP contribution in [-0.2, 0) is 29.2 Å². The molecule has 0 fully saturated rings. The van der Waals surface area contributed by atoms with Crippen LogP contribution in [0.1, 0.15) is 11.3 Å². The van der Waals surface area contributed by atoms with Crippen LogP contribution in [-0.4, -0.2) is 49.9 Å². The number of hydrogen-bond acceptors (Lipinski definition) is 10. The molecule has 4 aromatic rings. The zero-order chi connectivity index (χ0) is 26.9. The predicted octanol–water partition coefficient (Wildman–Crippen LogP) is 2.55. The molecule has 12 nitrogen and oxygen atoms in total. The van der Waals surface area contributed by atoms with Crippen LogP contribution in [0.2, 0.25) is 5.02 Å². The summed E-state index contributed by atoms with van der Waals surface area (Å²) < 4.78 is 18.1. The van der Waals surface area contributed by atoms with Gasteiger partial charge < -0.3 is 24.6 Å². The van der Waals surface area contributed by atoms with E-state index in [-0.39, 0.29) is 44.9 Å². The number of halogens is 1. The summed E-state index contributed by atoms with van der Waals surface area (Å²) in [5.74, 6) is 0.821. The van der Waals surface area contributed by atoms with Crippen LogP contribution in [0.15, 0.2) is 70.3 Å². The van der Waals surface area contributed by atoms with Crippen molar-refractivity contribution in [3.8, 4) is 11.6 Å². The zero-order valence-corrected chi connectivity index (χ0v) is 21.2. The first-order chi connectivity index (χ1) is 18.5. The summed E-state index contributed by atoms with van der Waals surface area (Å²) in [6, 6.07) is 17.0. The van der Waals surface area contributed by atoms with Crippen LogP contribution in [0.4, 0.5) is 11.6 Å². The Labute approximate surface area is 222 Å². The lowest BCUT2D eigenvalue weighted by Crippen LogP contribution is -2.43. The second kappa shape index (κ2) is 12.9. The number of benzene rings is 2. The van der Waals surface area contributed by atoms with Gasteiger partial charge in [-0.25, -0.2) is 14.2 Å². The highest BCUT2D eigenvalue weighted by Gasteiger charge is 2.14. The quantitative estimate of drug-likeness (QED) is 0.203. The smallest absolute Gasteiger partial charge is 0.355 e. The second-order valence-corrected chi connectivity index (χ2v) is 8.39. The van der Waals surface area contributed by atoms with Crippen LogP contribution < -0.4 is 21.4 Å². The molecule has 0 unspecified atom stereocenters. The van der Waals surface area contributed by atoms with Gasteiger partial charge in [0.1, 0.15) is 12.5 Å². The number of aliphatic hydroxyl groups is 1. The molecular weight excluding hydrogens is 516 g/mol. The van der Waals surface area contributed by atoms with Crippen molar-refractivity contribution in [2.24, 2.45) is 0 Å². The molecule has 0 saturated carbocycles. The summed E-state index contributed by atoms with van der Waals surface area (Å²) >= 11 is 6.00. The third kappa shape index (κ3) is 7.01. The predicted molar refractivity (Wildman–Crippen MR) is 139 cm³/mol. The number of aromatic nitrogens is 5. The molecule has 2 aromatic heterocycles. The largest absolute Gasteiger partial charge is 0.438 e. The first-order valence-corrected chi connectivity index (χ1v) is 11.9. The maximum Gasteiger partial charge on any atom is 0.355 e. The maximum atomic E-state index is 13.3. The molecular formula is C25H25ClN6O6. The van der Waals surface area contributed by atoms with E-state index in [4.69, 9.17) is 30.9 Å². The van der Waals surface area contributed by atoms with Crippen molar-refractivity contribution in [3.63, 3.8) is 0 Å². The lowest BCUT2D eigenvalue weighted by Gasteiger charge is -2.16. The standard InChI is InChI=1S/C25H25ClN6O6/c1-36-16-37-13-12-31-24(34)28-23(32(25(31)35)14-17-2-4-18(26)5-3-17)27-19-6-9-21(10-7-19)38-22-11-8-20(15-33)29-30-22/h2-11,33H,12-16H2,1H3,(H,27,28,34). The molecule has 198 valence electrons. The SMILES string of the molecule is COCOCCn1c(=O)nc(Nc2ccc(Oc3ccc(CO)nn3)cc2)n(Cc2ccc(Cl)cc2)c1=O. The van der Waals surface area contributed by atoms with Gasteiger partial charge in [-0.15, -0.1) is 10.2 Å². The van der Waals surface area contributed by atoms with E-state index in [2.05, 4.69) is 20.5 Å². The minimum absolute atomic E-state index is 0.0170. The maximum absolute atomic E-state index is 13.3. The Morgan fingerprint density at radius 1 is 0.974 bits per heavy atom. The molecule has 2 N–H and O–H groups in total. The van der Waals surface area contributed by atoms with Crippen LogP contribution in [0, 0.1) is 0 Å². The third-order valence-corrected chi connectivity index (χ3v) is 5.51. The van der Waals surface area contributed by atoms with E-state index >= 15 is 0 Å². The van der Waals surface area contributed by atoms with Gasteiger partial charge in [0.2, 0.25) is 11.8 Å². The van der Waals surface area contributed by atoms with Crippen molar-refractivity contribution in [3.05, 3.63) is 97.9 Å². The second-order valence-electron chi connectivity index (χ2n) is 7.95. The summed E-state index contributed by atoms with van der Waals surface area (Å²) in [5.41, 5.74) is 0.526. The van der Waals surface area contributed by atoms with Gasteiger partial charge in [-0.05, 0) is 48.0 Å². The zero-order valence-electron chi connectivity index (χ0n) is 20.4.